The molecular weight excluding hydrogens is 942 g/mol. The summed E-state index contributed by atoms with van der Waals surface area (Å²) in [4.78, 5) is 4.89. The molecule has 0 amide bonds. The molecule has 4 heterocycles. The standard InChI is InChI=1S/C66H72B2O4S2/c1-61(2,3)37-19-23-41(24-20-37)69-43-31-51-59-55(33-43)73-53-29-39(63(7,8)9)27-45(65(13,14)15)57(53)67(59)47-35-48-50(36-49(47)71-51)72-52-32-44(70-42-25-21-38(22-26-42)62(4,5)6)34-56-60(52)68(48)58-46(66(16,17)18)28-40(64(10,11)12)30-54(58)74-56/h19-36H,1-18H3. The van der Waals surface area contributed by atoms with E-state index in [0.717, 1.165) is 66.7 Å². The van der Waals surface area contributed by atoms with Crippen molar-refractivity contribution in [2.75, 3.05) is 0 Å². The van der Waals surface area contributed by atoms with Crippen molar-refractivity contribution in [1.82, 2.24) is 0 Å². The van der Waals surface area contributed by atoms with Gasteiger partial charge >= 0.3 is 0 Å². The van der Waals surface area contributed by atoms with Gasteiger partial charge in [0, 0.05) is 37.8 Å². The predicted molar refractivity (Wildman–Crippen MR) is 315 cm³/mol. The molecule has 0 saturated heterocycles. The first-order valence-corrected chi connectivity index (χ1v) is 28.2. The quantitative estimate of drug-likeness (QED) is 0.164. The molecule has 0 spiro atoms. The summed E-state index contributed by atoms with van der Waals surface area (Å²) in [7, 11) is 0. The molecule has 11 rings (SSSR count). The van der Waals surface area contributed by atoms with Gasteiger partial charge in [0.05, 0.1) is 0 Å². The van der Waals surface area contributed by atoms with E-state index in [2.05, 4.69) is 234 Å². The van der Waals surface area contributed by atoms with Crippen molar-refractivity contribution in [2.45, 2.75) is 177 Å². The van der Waals surface area contributed by atoms with Crippen LogP contribution in [0.4, 0.5) is 0 Å². The second kappa shape index (κ2) is 17.0. The molecular formula is C66H72B2O4S2. The van der Waals surface area contributed by atoms with Crippen LogP contribution in [0.1, 0.15) is 158 Å². The highest BCUT2D eigenvalue weighted by atomic mass is 32.2. The molecule has 8 heteroatoms. The Morgan fingerprint density at radius 1 is 0.311 bits per heavy atom. The average molecular weight is 1020 g/mol. The number of rotatable bonds is 4. The Hall–Kier alpha value is -5.43. The minimum Gasteiger partial charge on any atom is -0.458 e. The fourth-order valence-corrected chi connectivity index (χ4v) is 13.8. The van der Waals surface area contributed by atoms with Gasteiger partial charge < -0.3 is 18.9 Å². The second-order valence-corrected chi connectivity index (χ2v) is 29.7. The van der Waals surface area contributed by atoms with Crippen LogP contribution in [0.3, 0.4) is 0 Å². The maximum Gasteiger partial charge on any atom is 0.254 e. The van der Waals surface area contributed by atoms with Crippen molar-refractivity contribution in [3.63, 3.8) is 0 Å². The molecule has 4 aliphatic rings. The predicted octanol–water partition coefficient (Wildman–Crippen LogP) is 15.2. The number of hydrogen-bond acceptors (Lipinski definition) is 6. The molecule has 0 atom stereocenters. The van der Waals surface area contributed by atoms with E-state index in [9.17, 15) is 0 Å². The van der Waals surface area contributed by atoms with Crippen LogP contribution in [0, 0.1) is 0 Å². The first kappa shape index (κ1) is 50.7. The molecule has 0 aromatic heterocycles. The molecule has 74 heavy (non-hydrogen) atoms. The minimum atomic E-state index is -0.143. The zero-order valence-electron chi connectivity index (χ0n) is 47.0. The first-order valence-electron chi connectivity index (χ1n) is 26.6. The monoisotopic (exact) mass is 1010 g/mol. The third kappa shape index (κ3) is 8.98. The molecule has 7 aromatic rings. The van der Waals surface area contributed by atoms with E-state index in [4.69, 9.17) is 18.9 Å². The van der Waals surface area contributed by atoms with Gasteiger partial charge in [-0.2, -0.15) is 0 Å². The Morgan fingerprint density at radius 2 is 0.649 bits per heavy atom. The van der Waals surface area contributed by atoms with Crippen molar-refractivity contribution in [1.29, 1.82) is 0 Å². The summed E-state index contributed by atoms with van der Waals surface area (Å²) in [5.41, 5.74) is 15.1. The molecule has 0 saturated carbocycles. The van der Waals surface area contributed by atoms with E-state index in [1.807, 2.05) is 23.5 Å². The fraction of sp³-hybridized carbons (Fsp3) is 0.364. The maximum atomic E-state index is 7.28. The summed E-state index contributed by atoms with van der Waals surface area (Å²) in [5.74, 6) is 6.33. The summed E-state index contributed by atoms with van der Waals surface area (Å²) in [6.45, 7) is 41.4. The summed E-state index contributed by atoms with van der Waals surface area (Å²) in [5, 5.41) is 0. The van der Waals surface area contributed by atoms with Gasteiger partial charge in [0.2, 0.25) is 0 Å². The van der Waals surface area contributed by atoms with Crippen molar-refractivity contribution < 1.29 is 18.9 Å². The largest absolute Gasteiger partial charge is 0.458 e. The van der Waals surface area contributed by atoms with Crippen molar-refractivity contribution in [3.8, 4) is 46.0 Å². The van der Waals surface area contributed by atoms with Crippen LogP contribution in [0.25, 0.3) is 0 Å². The van der Waals surface area contributed by atoms with Gasteiger partial charge in [0.25, 0.3) is 13.4 Å². The van der Waals surface area contributed by atoms with E-state index in [-0.39, 0.29) is 45.9 Å². The van der Waals surface area contributed by atoms with Gasteiger partial charge in [-0.25, -0.2) is 0 Å². The van der Waals surface area contributed by atoms with Crippen molar-refractivity contribution >= 4 is 69.7 Å². The Balaban J connectivity index is 1.13. The molecule has 0 radical (unpaired) electrons. The van der Waals surface area contributed by atoms with Gasteiger partial charge in [0.15, 0.2) is 0 Å². The topological polar surface area (TPSA) is 36.9 Å². The molecule has 4 nitrogen and oxygen atoms in total. The highest BCUT2D eigenvalue weighted by Gasteiger charge is 2.48. The highest BCUT2D eigenvalue weighted by Crippen LogP contribution is 2.47. The van der Waals surface area contributed by atoms with Gasteiger partial charge in [-0.05, 0) is 136 Å². The minimum absolute atomic E-state index is 0.0406. The number of ether oxygens (including phenoxy) is 4. The maximum absolute atomic E-state index is 7.28. The lowest BCUT2D eigenvalue weighted by Gasteiger charge is -2.40. The van der Waals surface area contributed by atoms with Crippen LogP contribution >= 0.6 is 23.5 Å². The van der Waals surface area contributed by atoms with E-state index in [1.54, 1.807) is 0 Å². The van der Waals surface area contributed by atoms with Crippen LogP contribution in [0.2, 0.25) is 0 Å². The van der Waals surface area contributed by atoms with Gasteiger partial charge in [-0.15, -0.1) is 0 Å². The summed E-state index contributed by atoms with van der Waals surface area (Å²) in [6.07, 6.45) is 0. The summed E-state index contributed by atoms with van der Waals surface area (Å²) < 4.78 is 28.1. The highest BCUT2D eigenvalue weighted by molar-refractivity contribution is 8.00. The Morgan fingerprint density at radius 3 is 0.973 bits per heavy atom. The SMILES string of the molecule is CC(C)(C)c1ccc(Oc2cc3c4c(c2)Sc2cc(C(C)(C)C)cc(C(C)(C)C)c2B4c2cc4c(cc2O3)Oc2cc(Oc3ccc(C(C)(C)C)cc3)cc3c2B4c2c(cc(C(C)(C)C)cc2C(C)(C)C)S3)cc1. The molecule has 7 aromatic carbocycles. The molecule has 0 unspecified atom stereocenters. The number of hydrogen-bond donors (Lipinski definition) is 0. The zero-order chi connectivity index (χ0) is 53.0. The lowest BCUT2D eigenvalue weighted by Crippen LogP contribution is -2.63. The zero-order valence-corrected chi connectivity index (χ0v) is 48.6. The number of benzene rings is 7. The van der Waals surface area contributed by atoms with Crippen LogP contribution < -0.4 is 51.7 Å². The van der Waals surface area contributed by atoms with Crippen LogP contribution in [-0.4, -0.2) is 13.4 Å². The molecule has 0 aliphatic carbocycles. The summed E-state index contributed by atoms with van der Waals surface area (Å²) >= 11 is 3.71. The molecule has 378 valence electrons. The number of fused-ring (bicyclic) bond motifs is 8. The smallest absolute Gasteiger partial charge is 0.254 e. The molecule has 0 bridgehead atoms. The third-order valence-corrected chi connectivity index (χ3v) is 17.7. The third-order valence-electron chi connectivity index (χ3n) is 15.5. The lowest BCUT2D eigenvalue weighted by molar-refractivity contribution is 0.449. The van der Waals surface area contributed by atoms with Crippen LogP contribution in [0.5, 0.6) is 46.0 Å². The fourth-order valence-electron chi connectivity index (χ4n) is 11.2. The molecule has 0 fully saturated rings. The molecule has 4 aliphatic heterocycles. The van der Waals surface area contributed by atoms with E-state index >= 15 is 0 Å². The van der Waals surface area contributed by atoms with E-state index in [0.29, 0.717) is 0 Å². The van der Waals surface area contributed by atoms with Gasteiger partial charge in [-0.1, -0.05) is 202 Å². The van der Waals surface area contributed by atoms with Crippen molar-refractivity contribution in [2.24, 2.45) is 0 Å². The van der Waals surface area contributed by atoms with Crippen molar-refractivity contribution in [3.05, 3.63) is 143 Å². The Kier molecular flexibility index (Phi) is 11.7. The molecule has 0 N–H and O–H groups in total. The second-order valence-electron chi connectivity index (χ2n) is 27.5. The van der Waals surface area contributed by atoms with Crippen LogP contribution in [-0.2, 0) is 32.5 Å². The normalized spacial score (nSPS) is 14.7. The Labute approximate surface area is 451 Å². The average Bonchev–Trinajstić information content (AvgIpc) is 3.28. The Bertz CT molecular complexity index is 3210. The summed E-state index contributed by atoms with van der Waals surface area (Å²) in [6, 6.07) is 40.3. The van der Waals surface area contributed by atoms with Gasteiger partial charge in [0.1, 0.15) is 46.0 Å². The van der Waals surface area contributed by atoms with Gasteiger partial charge in [-0.3, -0.25) is 0 Å². The lowest BCUT2D eigenvalue weighted by atomic mass is 9.31. The van der Waals surface area contributed by atoms with E-state index < -0.39 is 0 Å². The van der Waals surface area contributed by atoms with Crippen LogP contribution in [0.15, 0.2) is 129 Å². The van der Waals surface area contributed by atoms with E-state index in [1.165, 1.54) is 65.0 Å². The first-order chi connectivity index (χ1) is 34.4.